The van der Waals surface area contributed by atoms with Crippen molar-refractivity contribution in [2.45, 2.75) is 114 Å². The number of phenolic OH excluding ortho intramolecular Hbond substituents is 1. The molecule has 4 heterocycles. The summed E-state index contributed by atoms with van der Waals surface area (Å²) in [5.74, 6) is -1.41. The van der Waals surface area contributed by atoms with Crippen LogP contribution in [0.3, 0.4) is 0 Å². The number of aliphatic hydroxyl groups is 2. The van der Waals surface area contributed by atoms with Gasteiger partial charge in [-0.25, -0.2) is 0 Å². The lowest BCUT2D eigenvalue weighted by atomic mass is 9.74. The van der Waals surface area contributed by atoms with Crippen LogP contribution >= 0.6 is 0 Å². The number of hydrogen-bond acceptors (Lipinski definition) is 12. The highest BCUT2D eigenvalue weighted by Crippen LogP contribution is 2.51. The number of ether oxygens (including phenoxy) is 3. The molecule has 3 aliphatic heterocycles. The number of ketones is 2. The van der Waals surface area contributed by atoms with Gasteiger partial charge in [0, 0.05) is 34.3 Å². The third-order valence-electron chi connectivity index (χ3n) is 12.3. The van der Waals surface area contributed by atoms with Crippen LogP contribution in [0.15, 0.2) is 39.6 Å². The van der Waals surface area contributed by atoms with E-state index in [0.29, 0.717) is 17.5 Å². The van der Waals surface area contributed by atoms with Gasteiger partial charge in [0.1, 0.15) is 23.2 Å². The summed E-state index contributed by atoms with van der Waals surface area (Å²) in [7, 11) is 7.45. The number of carbonyl (C=O) groups is 2. The normalized spacial score (nSPS) is 34.3. The molecule has 7 rings (SSSR count). The molecule has 0 bridgehead atoms. The Balaban J connectivity index is 1.48. The molecule has 1 aromatic heterocycles. The van der Waals surface area contributed by atoms with Gasteiger partial charge in [0.05, 0.1) is 53.1 Å². The van der Waals surface area contributed by atoms with Crippen LogP contribution < -0.4 is 5.43 Å². The second-order valence-corrected chi connectivity index (χ2v) is 16.1. The summed E-state index contributed by atoms with van der Waals surface area (Å²) in [5.41, 5.74) is -1.32. The predicted octanol–water partition coefficient (Wildman–Crippen LogP) is 4.44. The molecule has 3 N–H and O–H groups in total. The number of likely N-dealkylation sites (N-methyl/N-ethyl adjacent to an activating group) is 2. The van der Waals surface area contributed by atoms with Crippen molar-refractivity contribution in [3.8, 4) is 5.75 Å². The van der Waals surface area contributed by atoms with Crippen molar-refractivity contribution < 1.29 is 43.5 Å². The van der Waals surface area contributed by atoms with Crippen molar-refractivity contribution in [1.82, 2.24) is 9.80 Å². The van der Waals surface area contributed by atoms with Gasteiger partial charge in [-0.15, -0.1) is 0 Å². The number of aliphatic hydroxyl groups excluding tert-OH is 2. The molecule has 4 aliphatic rings. The molecule has 0 spiro atoms. The van der Waals surface area contributed by atoms with E-state index in [9.17, 15) is 24.9 Å². The first-order valence-electron chi connectivity index (χ1n) is 18.3. The third-order valence-corrected chi connectivity index (χ3v) is 12.3. The summed E-state index contributed by atoms with van der Waals surface area (Å²) in [6.45, 7) is 10.8. The quantitative estimate of drug-likeness (QED) is 0.189. The van der Waals surface area contributed by atoms with E-state index in [0.717, 1.165) is 0 Å². The van der Waals surface area contributed by atoms with E-state index in [1.807, 2.05) is 64.0 Å². The first-order chi connectivity index (χ1) is 24.8. The molecule has 0 radical (unpaired) electrons. The number of rotatable bonds is 6. The van der Waals surface area contributed by atoms with Gasteiger partial charge in [-0.2, -0.15) is 0 Å². The molecule has 1 aliphatic carbocycles. The van der Waals surface area contributed by atoms with Crippen LogP contribution in [0.1, 0.15) is 114 Å². The minimum Gasteiger partial charge on any atom is -0.507 e. The summed E-state index contributed by atoms with van der Waals surface area (Å²) in [6, 6.07) is 4.26. The molecule has 53 heavy (non-hydrogen) atoms. The molecule has 2 unspecified atom stereocenters. The van der Waals surface area contributed by atoms with E-state index in [2.05, 4.69) is 0 Å². The number of carbonyl (C=O) groups excluding carboxylic acids is 2. The Morgan fingerprint density at radius 1 is 0.887 bits per heavy atom. The van der Waals surface area contributed by atoms with E-state index in [4.69, 9.17) is 18.6 Å². The number of phenols is 1. The maximum Gasteiger partial charge on any atom is 0.202 e. The molecule has 12 heteroatoms. The zero-order valence-corrected chi connectivity index (χ0v) is 32.0. The first kappa shape index (κ1) is 37.6. The number of nitrogens with zero attached hydrogens (tertiary/aromatic N) is 2. The predicted molar refractivity (Wildman–Crippen MR) is 197 cm³/mol. The second-order valence-electron chi connectivity index (χ2n) is 16.1. The van der Waals surface area contributed by atoms with Gasteiger partial charge in [0.25, 0.3) is 0 Å². The number of allylic oxidation sites excluding steroid dienone is 1. The fraction of sp³-hybridized carbons (Fsp3) is 0.537. The Bertz CT molecular complexity index is 2120. The molecule has 0 saturated carbocycles. The van der Waals surface area contributed by atoms with Crippen molar-refractivity contribution in [1.29, 1.82) is 0 Å². The smallest absolute Gasteiger partial charge is 0.202 e. The maximum absolute atomic E-state index is 15.1. The van der Waals surface area contributed by atoms with Gasteiger partial charge in [-0.3, -0.25) is 14.4 Å². The zero-order valence-electron chi connectivity index (χ0n) is 32.0. The number of aryl methyl sites for hydroxylation is 1. The Morgan fingerprint density at radius 3 is 2.21 bits per heavy atom. The summed E-state index contributed by atoms with van der Waals surface area (Å²) >= 11 is 0. The molecule has 3 saturated heterocycles. The first-order valence-corrected chi connectivity index (χ1v) is 18.3. The highest BCUT2D eigenvalue weighted by molar-refractivity contribution is 6.33. The fourth-order valence-electron chi connectivity index (χ4n) is 8.74. The lowest BCUT2D eigenvalue weighted by Crippen LogP contribution is -2.59. The van der Waals surface area contributed by atoms with Crippen LogP contribution in [0, 0.1) is 6.92 Å². The Kier molecular flexibility index (Phi) is 9.17. The summed E-state index contributed by atoms with van der Waals surface area (Å²) in [6.07, 6.45) is -0.576. The highest BCUT2D eigenvalue weighted by Gasteiger charge is 2.55. The average Bonchev–Trinajstić information content (AvgIpc) is 3.76. The molecular formula is C41H50N2O10. The van der Waals surface area contributed by atoms with Gasteiger partial charge in [-0.05, 0) is 106 Å². The van der Waals surface area contributed by atoms with Crippen LogP contribution in [0.25, 0.3) is 11.0 Å². The number of aromatic hydroxyl groups is 1. The van der Waals surface area contributed by atoms with E-state index in [1.165, 1.54) is 12.1 Å². The Morgan fingerprint density at radius 2 is 1.57 bits per heavy atom. The maximum atomic E-state index is 15.1. The number of epoxide rings is 1. The van der Waals surface area contributed by atoms with E-state index in [-0.39, 0.29) is 68.5 Å². The SMILES string of the molecule is C/C=C/C1OC1(C)c1cc(=O)c2c(C)cc3c(c2o1)C(=O)c1c(O)c([C@H]2C[C@](C)(N(C)C)[C@H](O)[C@H](C)O2)cc([C@H]2C[C@@H](N(C)C)[C@H](O)[C@@H](C)O2)c1C3=O. The average molecular weight is 731 g/mol. The van der Waals surface area contributed by atoms with E-state index < -0.39 is 65.1 Å². The molecule has 2 aromatic carbocycles. The number of benzene rings is 2. The topological polar surface area (TPSA) is 163 Å². The van der Waals surface area contributed by atoms with E-state index in [1.54, 1.807) is 33.8 Å². The number of fused-ring (bicyclic) bond motifs is 4. The minimum absolute atomic E-state index is 0.00278. The lowest BCUT2D eigenvalue weighted by molar-refractivity contribution is -0.176. The van der Waals surface area contributed by atoms with E-state index >= 15 is 4.79 Å². The Hall–Kier alpha value is -3.75. The van der Waals surface area contributed by atoms with Gasteiger partial charge >= 0.3 is 0 Å². The lowest BCUT2D eigenvalue weighted by Gasteiger charge is -2.49. The molecule has 10 atom stereocenters. The van der Waals surface area contributed by atoms with Gasteiger partial charge < -0.3 is 43.7 Å². The largest absolute Gasteiger partial charge is 0.507 e. The standard InChI is InChI=1S/C41H50N2O10/c1-11-12-28-41(6,53-28)29-16-25(44)30-18(2)13-23-32(38(30)52-29)37(48)33-31(36(23)47)21(26-15-24(42(7)8)34(45)19(3)50-26)14-22(35(33)46)27-17-40(5,43(9)10)39(49)20(4)51-27/h11-14,16,19-20,24,26-28,34,39,45-46,49H,15,17H2,1-10H3/b12-11+/t19-,20+,24-,26-,27-,28?,34-,39-,40+,41?/m1/s1. The van der Waals surface area contributed by atoms with Crippen LogP contribution in [0.4, 0.5) is 0 Å². The van der Waals surface area contributed by atoms with Gasteiger partial charge in [0.2, 0.25) is 5.78 Å². The molecule has 284 valence electrons. The minimum atomic E-state index is -0.945. The van der Waals surface area contributed by atoms with Crippen molar-refractivity contribution in [2.24, 2.45) is 0 Å². The van der Waals surface area contributed by atoms with Crippen molar-refractivity contribution >= 4 is 22.5 Å². The molecule has 12 nitrogen and oxygen atoms in total. The second kappa shape index (κ2) is 12.9. The van der Waals surface area contributed by atoms with Crippen molar-refractivity contribution in [2.75, 3.05) is 28.2 Å². The van der Waals surface area contributed by atoms with Crippen LogP contribution in [-0.2, 0) is 19.8 Å². The summed E-state index contributed by atoms with van der Waals surface area (Å²) in [4.78, 5) is 47.5. The summed E-state index contributed by atoms with van der Waals surface area (Å²) < 4.78 is 25.1. The third kappa shape index (κ3) is 5.64. The van der Waals surface area contributed by atoms with Crippen LogP contribution in [0.5, 0.6) is 5.75 Å². The highest BCUT2D eigenvalue weighted by atomic mass is 16.6. The van der Waals surface area contributed by atoms with Crippen molar-refractivity contribution in [3.63, 3.8) is 0 Å². The fourth-order valence-corrected chi connectivity index (χ4v) is 8.74. The molecule has 0 amide bonds. The Labute approximate surface area is 308 Å². The molecule has 3 fully saturated rings. The van der Waals surface area contributed by atoms with Crippen molar-refractivity contribution in [3.05, 3.63) is 85.3 Å². The van der Waals surface area contributed by atoms with Gasteiger partial charge in [0.15, 0.2) is 16.8 Å². The monoisotopic (exact) mass is 730 g/mol. The van der Waals surface area contributed by atoms with Crippen LogP contribution in [-0.4, -0.2) is 107 Å². The summed E-state index contributed by atoms with van der Waals surface area (Å²) in [5, 5.41) is 34.7. The number of hydrogen-bond donors (Lipinski definition) is 3. The molecule has 3 aromatic rings. The molecular weight excluding hydrogens is 680 g/mol. The zero-order chi connectivity index (χ0) is 38.6. The van der Waals surface area contributed by atoms with Crippen LogP contribution in [0.2, 0.25) is 0 Å². The van der Waals surface area contributed by atoms with Gasteiger partial charge in [-0.1, -0.05) is 12.2 Å².